The van der Waals surface area contributed by atoms with E-state index in [2.05, 4.69) is 0 Å². The Labute approximate surface area is 202 Å². The minimum absolute atomic E-state index is 0.00810. The molecule has 0 spiro atoms. The van der Waals surface area contributed by atoms with Crippen LogP contribution in [0.1, 0.15) is 29.0 Å². The second-order valence-electron chi connectivity index (χ2n) is 8.81. The number of amides is 1. The Bertz CT molecular complexity index is 1450. The quantitative estimate of drug-likeness (QED) is 0.342. The van der Waals surface area contributed by atoms with Crippen LogP contribution in [0.4, 0.5) is 0 Å². The van der Waals surface area contributed by atoms with Crippen molar-refractivity contribution in [2.24, 2.45) is 0 Å². The molecule has 4 aromatic rings. The van der Waals surface area contributed by atoms with Gasteiger partial charge in [0.2, 0.25) is 5.91 Å². The summed E-state index contributed by atoms with van der Waals surface area (Å²) in [6.45, 7) is 4.02. The highest BCUT2D eigenvalue weighted by Gasteiger charge is 2.26. The molecule has 1 saturated heterocycles. The highest BCUT2D eigenvalue weighted by molar-refractivity contribution is 6.07. The average molecular weight is 474 g/mol. The van der Waals surface area contributed by atoms with Gasteiger partial charge in [0.15, 0.2) is 0 Å². The second-order valence-corrected chi connectivity index (χ2v) is 8.81. The van der Waals surface area contributed by atoms with Crippen molar-refractivity contribution in [2.75, 3.05) is 33.4 Å². The Balaban J connectivity index is 1.62. The number of phenols is 1. The van der Waals surface area contributed by atoms with Gasteiger partial charge in [0.25, 0.3) is 0 Å². The van der Waals surface area contributed by atoms with E-state index in [1.54, 1.807) is 7.11 Å². The molecule has 2 heterocycles. The number of hydrogen-bond donors (Lipinski definition) is 1. The molecule has 7 nitrogen and oxygen atoms in total. The summed E-state index contributed by atoms with van der Waals surface area (Å²) in [5.74, 6) is 0.422. The zero-order chi connectivity index (χ0) is 24.5. The van der Waals surface area contributed by atoms with Crippen LogP contribution in [0.2, 0.25) is 0 Å². The first-order valence-electron chi connectivity index (χ1n) is 11.6. The molecule has 1 unspecified atom stereocenters. The van der Waals surface area contributed by atoms with Crippen LogP contribution in [0.25, 0.3) is 21.7 Å². The average Bonchev–Trinajstić information content (AvgIpc) is 2.88. The summed E-state index contributed by atoms with van der Waals surface area (Å²) in [5.41, 5.74) is 2.36. The van der Waals surface area contributed by atoms with Crippen LogP contribution in [0, 0.1) is 6.92 Å². The summed E-state index contributed by atoms with van der Waals surface area (Å²) in [4.78, 5) is 27.1. The number of fused-ring (bicyclic) bond motifs is 3. The van der Waals surface area contributed by atoms with Crippen molar-refractivity contribution in [3.63, 3.8) is 0 Å². The third-order valence-electron chi connectivity index (χ3n) is 6.75. The Morgan fingerprint density at radius 2 is 1.71 bits per heavy atom. The fourth-order valence-electron chi connectivity index (χ4n) is 4.83. The van der Waals surface area contributed by atoms with E-state index in [1.807, 2.05) is 60.4 Å². The van der Waals surface area contributed by atoms with Crippen LogP contribution in [0.3, 0.4) is 0 Å². The van der Waals surface area contributed by atoms with Crippen LogP contribution in [0.5, 0.6) is 11.5 Å². The number of aromatic hydroxyl groups is 1. The minimum atomic E-state index is -0.432. The lowest BCUT2D eigenvalue weighted by atomic mass is 9.85. The molecule has 1 aliphatic heterocycles. The molecule has 1 amide bonds. The number of ether oxygens (including phenoxy) is 2. The van der Waals surface area contributed by atoms with E-state index in [0.29, 0.717) is 54.0 Å². The number of morpholine rings is 1. The standard InChI is InChI=1S/C28H27NO6/c1-17-15-26(31)35-28-20(17)7-8-21-23(28)10-9-22(27(21)32)24(18-3-5-19(33-2)6-4-18)16-25(30)29-11-13-34-14-12-29/h3-10,15,24,32H,11-14,16H2,1-2H3. The van der Waals surface area contributed by atoms with Gasteiger partial charge < -0.3 is 23.9 Å². The lowest BCUT2D eigenvalue weighted by Gasteiger charge is -2.29. The van der Waals surface area contributed by atoms with Crippen molar-refractivity contribution >= 4 is 27.6 Å². The maximum Gasteiger partial charge on any atom is 0.336 e. The predicted octanol–water partition coefficient (Wildman–Crippen LogP) is 4.35. The molecule has 35 heavy (non-hydrogen) atoms. The number of rotatable bonds is 5. The fourth-order valence-corrected chi connectivity index (χ4v) is 4.83. The molecule has 3 aromatic carbocycles. The summed E-state index contributed by atoms with van der Waals surface area (Å²) in [6, 6.07) is 16.4. The van der Waals surface area contributed by atoms with Crippen molar-refractivity contribution < 1.29 is 23.8 Å². The van der Waals surface area contributed by atoms with Gasteiger partial charge >= 0.3 is 5.63 Å². The van der Waals surface area contributed by atoms with Gasteiger partial charge in [-0.15, -0.1) is 0 Å². The summed E-state index contributed by atoms with van der Waals surface area (Å²) >= 11 is 0. The molecular weight excluding hydrogens is 446 g/mol. The normalized spacial score (nSPS) is 14.9. The lowest BCUT2D eigenvalue weighted by molar-refractivity contribution is -0.135. The molecule has 5 rings (SSSR count). The monoisotopic (exact) mass is 473 g/mol. The van der Waals surface area contributed by atoms with Crippen LogP contribution in [0.15, 0.2) is 63.8 Å². The van der Waals surface area contributed by atoms with Crippen molar-refractivity contribution in [3.8, 4) is 11.5 Å². The Morgan fingerprint density at radius 3 is 2.43 bits per heavy atom. The van der Waals surface area contributed by atoms with E-state index in [-0.39, 0.29) is 24.0 Å². The molecule has 7 heteroatoms. The van der Waals surface area contributed by atoms with E-state index in [4.69, 9.17) is 13.9 Å². The summed E-state index contributed by atoms with van der Waals surface area (Å²) in [6.07, 6.45) is 0.202. The van der Waals surface area contributed by atoms with Gasteiger partial charge in [-0.2, -0.15) is 0 Å². The molecule has 0 bridgehead atoms. The molecule has 180 valence electrons. The summed E-state index contributed by atoms with van der Waals surface area (Å²) in [5, 5.41) is 13.5. The number of hydrogen-bond acceptors (Lipinski definition) is 6. The number of carbonyl (C=O) groups is 1. The molecule has 1 fully saturated rings. The molecular formula is C28H27NO6. The molecule has 1 atom stereocenters. The highest BCUT2D eigenvalue weighted by Crippen LogP contribution is 2.41. The summed E-state index contributed by atoms with van der Waals surface area (Å²) < 4.78 is 16.2. The minimum Gasteiger partial charge on any atom is -0.507 e. The fraction of sp³-hybridized carbons (Fsp3) is 0.286. The third-order valence-corrected chi connectivity index (χ3v) is 6.75. The van der Waals surface area contributed by atoms with Crippen LogP contribution >= 0.6 is 0 Å². The number of aryl methyl sites for hydroxylation is 1. The highest BCUT2D eigenvalue weighted by atomic mass is 16.5. The van der Waals surface area contributed by atoms with Gasteiger partial charge in [-0.1, -0.05) is 30.3 Å². The van der Waals surface area contributed by atoms with E-state index < -0.39 is 5.63 Å². The molecule has 0 radical (unpaired) electrons. The lowest BCUT2D eigenvalue weighted by Crippen LogP contribution is -2.41. The van der Waals surface area contributed by atoms with E-state index >= 15 is 0 Å². The molecule has 1 N–H and O–H groups in total. The smallest absolute Gasteiger partial charge is 0.336 e. The first-order valence-corrected chi connectivity index (χ1v) is 11.6. The molecule has 1 aromatic heterocycles. The van der Waals surface area contributed by atoms with Crippen LogP contribution < -0.4 is 10.4 Å². The van der Waals surface area contributed by atoms with Gasteiger partial charge in [-0.3, -0.25) is 4.79 Å². The Kier molecular flexibility index (Phi) is 6.17. The second kappa shape index (κ2) is 9.43. The molecule has 0 saturated carbocycles. The Morgan fingerprint density at radius 1 is 1.03 bits per heavy atom. The number of nitrogens with zero attached hydrogens (tertiary/aromatic N) is 1. The Hall–Kier alpha value is -3.84. The first kappa shape index (κ1) is 22.9. The number of methoxy groups -OCH3 is 1. The topological polar surface area (TPSA) is 89.2 Å². The van der Waals surface area contributed by atoms with E-state index in [1.165, 1.54) is 6.07 Å². The van der Waals surface area contributed by atoms with Gasteiger partial charge in [0, 0.05) is 53.2 Å². The number of benzene rings is 3. The van der Waals surface area contributed by atoms with Crippen molar-refractivity contribution in [1.29, 1.82) is 0 Å². The summed E-state index contributed by atoms with van der Waals surface area (Å²) in [7, 11) is 1.61. The maximum absolute atomic E-state index is 13.2. The maximum atomic E-state index is 13.2. The van der Waals surface area contributed by atoms with Gasteiger partial charge in [0.1, 0.15) is 17.1 Å². The van der Waals surface area contributed by atoms with Crippen molar-refractivity contribution in [2.45, 2.75) is 19.3 Å². The van der Waals surface area contributed by atoms with Crippen molar-refractivity contribution in [1.82, 2.24) is 4.90 Å². The first-order chi connectivity index (χ1) is 17.0. The van der Waals surface area contributed by atoms with Gasteiger partial charge in [-0.05, 0) is 36.2 Å². The van der Waals surface area contributed by atoms with E-state index in [9.17, 15) is 14.7 Å². The van der Waals surface area contributed by atoms with Crippen molar-refractivity contribution in [3.05, 3.63) is 81.7 Å². The molecule has 1 aliphatic rings. The van der Waals surface area contributed by atoms with Gasteiger partial charge in [0.05, 0.1) is 20.3 Å². The zero-order valence-corrected chi connectivity index (χ0v) is 19.7. The zero-order valence-electron chi connectivity index (χ0n) is 19.7. The van der Waals surface area contributed by atoms with Crippen LogP contribution in [-0.2, 0) is 9.53 Å². The van der Waals surface area contributed by atoms with Gasteiger partial charge in [-0.25, -0.2) is 4.79 Å². The SMILES string of the molecule is COc1ccc(C(CC(=O)N2CCOCC2)c2ccc3c(ccc4c(C)cc(=O)oc43)c2O)cc1. The third kappa shape index (κ3) is 4.35. The number of carbonyl (C=O) groups excluding carboxylic acids is 1. The predicted molar refractivity (Wildman–Crippen MR) is 133 cm³/mol. The van der Waals surface area contributed by atoms with E-state index in [0.717, 1.165) is 16.5 Å². The molecule has 0 aliphatic carbocycles. The largest absolute Gasteiger partial charge is 0.507 e. The van der Waals surface area contributed by atoms with Crippen LogP contribution in [-0.4, -0.2) is 49.3 Å². The number of phenolic OH excluding ortho intramolecular Hbond substituents is 1.